The molecule has 156 valence electrons. The van der Waals surface area contributed by atoms with Crippen LogP contribution in [0.4, 0.5) is 0 Å². The standard InChI is InChI=1S/C23H30N2O4/c1-17-9-18(2)11-21(10-17)27-15-20(26)14-25-7-5-24(6-8-25)13-19-3-4-22-23(12-19)29-16-28-22/h3-4,9-12,20,26H,5-8,13-16H2,1-2H3/p+2. The number of quaternary nitrogens is 2. The Labute approximate surface area is 172 Å². The van der Waals surface area contributed by atoms with Crippen molar-refractivity contribution in [1.82, 2.24) is 0 Å². The number of aliphatic hydroxyl groups is 1. The molecule has 1 atom stereocenters. The molecule has 6 heteroatoms. The predicted octanol–water partition coefficient (Wildman–Crippen LogP) is -0.245. The molecule has 0 radical (unpaired) electrons. The van der Waals surface area contributed by atoms with Crippen molar-refractivity contribution in [1.29, 1.82) is 0 Å². The SMILES string of the molecule is Cc1cc(C)cc(OCC(O)C[NH+]2CC[NH+](Cc3ccc4c(c3)OCO4)CC2)c1. The van der Waals surface area contributed by atoms with E-state index in [9.17, 15) is 5.11 Å². The highest BCUT2D eigenvalue weighted by atomic mass is 16.7. The van der Waals surface area contributed by atoms with E-state index in [1.165, 1.54) is 21.6 Å². The summed E-state index contributed by atoms with van der Waals surface area (Å²) in [5, 5.41) is 10.4. The van der Waals surface area contributed by atoms with Crippen molar-refractivity contribution < 1.29 is 29.1 Å². The molecular weight excluding hydrogens is 368 g/mol. The van der Waals surface area contributed by atoms with E-state index in [-0.39, 0.29) is 0 Å². The summed E-state index contributed by atoms with van der Waals surface area (Å²) in [6.07, 6.45) is -0.443. The van der Waals surface area contributed by atoms with E-state index in [1.54, 1.807) is 4.90 Å². The van der Waals surface area contributed by atoms with E-state index in [0.717, 1.165) is 56.5 Å². The lowest BCUT2D eigenvalue weighted by Crippen LogP contribution is -3.28. The van der Waals surface area contributed by atoms with Crippen LogP contribution in [-0.2, 0) is 6.54 Å². The molecule has 0 aromatic heterocycles. The van der Waals surface area contributed by atoms with Gasteiger partial charge in [-0.1, -0.05) is 6.07 Å². The van der Waals surface area contributed by atoms with Gasteiger partial charge in [-0.3, -0.25) is 0 Å². The summed E-state index contributed by atoms with van der Waals surface area (Å²) >= 11 is 0. The van der Waals surface area contributed by atoms with E-state index < -0.39 is 6.10 Å². The molecule has 1 unspecified atom stereocenters. The zero-order valence-electron chi connectivity index (χ0n) is 17.4. The molecule has 2 aliphatic rings. The Bertz CT molecular complexity index is 813. The minimum atomic E-state index is -0.443. The van der Waals surface area contributed by atoms with Crippen LogP contribution in [0.15, 0.2) is 36.4 Å². The van der Waals surface area contributed by atoms with Crippen molar-refractivity contribution in [3.8, 4) is 17.2 Å². The van der Waals surface area contributed by atoms with Gasteiger partial charge in [-0.2, -0.15) is 0 Å². The predicted molar refractivity (Wildman–Crippen MR) is 110 cm³/mol. The largest absolute Gasteiger partial charge is 0.491 e. The zero-order chi connectivity index (χ0) is 20.2. The first kappa shape index (κ1) is 20.0. The van der Waals surface area contributed by atoms with Crippen molar-refractivity contribution in [3.05, 3.63) is 53.1 Å². The number of aliphatic hydroxyl groups excluding tert-OH is 1. The molecule has 0 spiro atoms. The Hall–Kier alpha value is -2.28. The summed E-state index contributed by atoms with van der Waals surface area (Å²) in [7, 11) is 0. The second-order valence-corrected chi connectivity index (χ2v) is 8.36. The van der Waals surface area contributed by atoms with Crippen molar-refractivity contribution in [3.63, 3.8) is 0 Å². The molecule has 29 heavy (non-hydrogen) atoms. The van der Waals surface area contributed by atoms with Gasteiger partial charge in [0.1, 0.15) is 57.7 Å². The molecule has 0 aliphatic carbocycles. The lowest BCUT2D eigenvalue weighted by atomic mass is 10.1. The Kier molecular flexibility index (Phi) is 6.23. The summed E-state index contributed by atoms with van der Waals surface area (Å²) in [6, 6.07) is 12.4. The average molecular weight is 401 g/mol. The molecule has 2 aromatic rings. The van der Waals surface area contributed by atoms with Crippen LogP contribution in [0.3, 0.4) is 0 Å². The minimum Gasteiger partial charge on any atom is -0.491 e. The monoisotopic (exact) mass is 400 g/mol. The third kappa shape index (κ3) is 5.41. The smallest absolute Gasteiger partial charge is 0.231 e. The molecule has 0 saturated carbocycles. The van der Waals surface area contributed by atoms with E-state index in [4.69, 9.17) is 14.2 Å². The summed E-state index contributed by atoms with van der Waals surface area (Å²) in [5.74, 6) is 2.54. The molecule has 3 N–H and O–H groups in total. The number of rotatable bonds is 7. The molecule has 0 amide bonds. The van der Waals surface area contributed by atoms with E-state index in [2.05, 4.69) is 32.0 Å². The Balaban J connectivity index is 1.19. The van der Waals surface area contributed by atoms with Gasteiger partial charge in [0.25, 0.3) is 0 Å². The van der Waals surface area contributed by atoms with Crippen molar-refractivity contribution in [2.24, 2.45) is 0 Å². The van der Waals surface area contributed by atoms with Crippen LogP contribution in [-0.4, -0.2) is 57.3 Å². The Morgan fingerprint density at radius 1 is 0.931 bits per heavy atom. The van der Waals surface area contributed by atoms with Crippen molar-refractivity contribution >= 4 is 0 Å². The molecule has 2 heterocycles. The highest BCUT2D eigenvalue weighted by molar-refractivity contribution is 5.44. The first-order valence-electron chi connectivity index (χ1n) is 10.5. The van der Waals surface area contributed by atoms with Gasteiger partial charge in [-0.05, 0) is 55.3 Å². The van der Waals surface area contributed by atoms with Crippen LogP contribution in [0.1, 0.15) is 16.7 Å². The van der Waals surface area contributed by atoms with Gasteiger partial charge in [0.15, 0.2) is 11.5 Å². The number of nitrogens with one attached hydrogen (secondary N) is 2. The first-order valence-corrected chi connectivity index (χ1v) is 10.5. The van der Waals surface area contributed by atoms with Gasteiger partial charge in [-0.25, -0.2) is 0 Å². The lowest BCUT2D eigenvalue weighted by molar-refractivity contribution is -1.02. The van der Waals surface area contributed by atoms with Gasteiger partial charge < -0.3 is 29.1 Å². The summed E-state index contributed by atoms with van der Waals surface area (Å²) < 4.78 is 16.7. The second-order valence-electron chi connectivity index (χ2n) is 8.36. The number of benzene rings is 2. The van der Waals surface area contributed by atoms with E-state index in [0.29, 0.717) is 13.4 Å². The maximum atomic E-state index is 10.4. The van der Waals surface area contributed by atoms with Crippen molar-refractivity contribution in [2.75, 3.05) is 46.1 Å². The quantitative estimate of drug-likeness (QED) is 0.600. The lowest BCUT2D eigenvalue weighted by Gasteiger charge is -2.30. The third-order valence-corrected chi connectivity index (χ3v) is 5.72. The van der Waals surface area contributed by atoms with Gasteiger partial charge in [0.2, 0.25) is 6.79 Å². The van der Waals surface area contributed by atoms with Crippen molar-refractivity contribution in [2.45, 2.75) is 26.5 Å². The van der Waals surface area contributed by atoms with Crippen LogP contribution in [0.5, 0.6) is 17.2 Å². The Morgan fingerprint density at radius 3 is 2.38 bits per heavy atom. The number of hydrogen-bond donors (Lipinski definition) is 3. The molecule has 2 aliphatic heterocycles. The number of aryl methyl sites for hydroxylation is 2. The molecule has 4 rings (SSSR count). The second kappa shape index (κ2) is 9.03. The molecule has 6 nitrogen and oxygen atoms in total. The summed E-state index contributed by atoms with van der Waals surface area (Å²) in [4.78, 5) is 3.03. The topological polar surface area (TPSA) is 56.8 Å². The van der Waals surface area contributed by atoms with Gasteiger partial charge >= 0.3 is 0 Å². The fourth-order valence-electron chi connectivity index (χ4n) is 4.28. The first-order chi connectivity index (χ1) is 14.0. The van der Waals surface area contributed by atoms with Crippen LogP contribution in [0.2, 0.25) is 0 Å². The molecule has 2 aromatic carbocycles. The van der Waals surface area contributed by atoms with E-state index >= 15 is 0 Å². The van der Waals surface area contributed by atoms with Crippen LogP contribution >= 0.6 is 0 Å². The molecule has 1 fully saturated rings. The van der Waals surface area contributed by atoms with Crippen LogP contribution in [0.25, 0.3) is 0 Å². The number of hydrogen-bond acceptors (Lipinski definition) is 4. The summed E-state index contributed by atoms with van der Waals surface area (Å²) in [6.45, 7) is 10.9. The highest BCUT2D eigenvalue weighted by Crippen LogP contribution is 2.32. The third-order valence-electron chi connectivity index (χ3n) is 5.72. The van der Waals surface area contributed by atoms with Crippen LogP contribution < -0.4 is 24.0 Å². The van der Waals surface area contributed by atoms with Gasteiger partial charge in [0.05, 0.1) is 0 Å². The maximum Gasteiger partial charge on any atom is 0.231 e. The number of ether oxygens (including phenoxy) is 3. The summed E-state index contributed by atoms with van der Waals surface area (Å²) in [5.41, 5.74) is 3.65. The van der Waals surface area contributed by atoms with E-state index in [1.807, 2.05) is 18.2 Å². The van der Waals surface area contributed by atoms with Gasteiger partial charge in [0, 0.05) is 5.56 Å². The fraction of sp³-hybridized carbons (Fsp3) is 0.478. The maximum absolute atomic E-state index is 10.4. The fourth-order valence-corrected chi connectivity index (χ4v) is 4.28. The Morgan fingerprint density at radius 2 is 1.62 bits per heavy atom. The van der Waals surface area contributed by atoms with Gasteiger partial charge in [-0.15, -0.1) is 0 Å². The zero-order valence-corrected chi connectivity index (χ0v) is 17.4. The minimum absolute atomic E-state index is 0.323. The number of fused-ring (bicyclic) bond motifs is 1. The molecular formula is C23H32N2O4+2. The molecule has 1 saturated heterocycles. The molecule has 0 bridgehead atoms. The normalized spacial score (nSPS) is 21.8. The van der Waals surface area contributed by atoms with Crippen LogP contribution in [0, 0.1) is 13.8 Å². The number of piperazine rings is 1. The average Bonchev–Trinajstić information content (AvgIpc) is 3.15. The highest BCUT2D eigenvalue weighted by Gasteiger charge is 2.26.